The Balaban J connectivity index is 2.19. The van der Waals surface area contributed by atoms with E-state index < -0.39 is 18.0 Å². The van der Waals surface area contributed by atoms with Crippen molar-refractivity contribution in [3.8, 4) is 0 Å². The zero-order valence-electron chi connectivity index (χ0n) is 9.10. The van der Waals surface area contributed by atoms with Crippen molar-refractivity contribution in [2.75, 3.05) is 25.4 Å². The van der Waals surface area contributed by atoms with Gasteiger partial charge in [-0.05, 0) is 12.1 Å². The second-order valence-corrected chi connectivity index (χ2v) is 3.87. The fourth-order valence-corrected chi connectivity index (χ4v) is 1.82. The minimum Gasteiger partial charge on any atom is -0.465 e. The molecule has 0 aliphatic carbocycles. The van der Waals surface area contributed by atoms with Crippen LogP contribution in [0.2, 0.25) is 0 Å². The minimum absolute atomic E-state index is 0.135. The van der Waals surface area contributed by atoms with Gasteiger partial charge in [0.15, 0.2) is 0 Å². The van der Waals surface area contributed by atoms with Crippen LogP contribution in [0, 0.1) is 5.82 Å². The highest BCUT2D eigenvalue weighted by Gasteiger charge is 2.26. The van der Waals surface area contributed by atoms with E-state index in [0.29, 0.717) is 17.8 Å². The zero-order valence-corrected chi connectivity index (χ0v) is 9.10. The molecule has 1 fully saturated rings. The number of hydrogen-bond donors (Lipinski definition) is 2. The molecule has 0 bridgehead atoms. The smallest absolute Gasteiger partial charge is 0.407 e. The summed E-state index contributed by atoms with van der Waals surface area (Å²) < 4.78 is 19.0. The first-order chi connectivity index (χ1) is 8.08. The van der Waals surface area contributed by atoms with Crippen molar-refractivity contribution in [2.24, 2.45) is 0 Å². The molecule has 1 heterocycles. The van der Waals surface area contributed by atoms with Gasteiger partial charge in [0, 0.05) is 17.8 Å². The summed E-state index contributed by atoms with van der Waals surface area (Å²) in [7, 11) is 0. The van der Waals surface area contributed by atoms with Gasteiger partial charge in [-0.25, -0.2) is 9.18 Å². The van der Waals surface area contributed by atoms with Gasteiger partial charge >= 0.3 is 6.09 Å². The van der Waals surface area contributed by atoms with Crippen LogP contribution in [0.5, 0.6) is 0 Å². The number of carboxylic acid groups (broad SMARTS) is 1. The van der Waals surface area contributed by atoms with Crippen LogP contribution in [0.3, 0.4) is 0 Å². The maximum atomic E-state index is 13.6. The number of halogens is 1. The number of hydrogen-bond acceptors (Lipinski definition) is 3. The number of nitrogen functional groups attached to an aromatic ring is 1. The molecule has 1 amide bonds. The second kappa shape index (κ2) is 4.58. The fraction of sp³-hybridized carbons (Fsp3) is 0.364. The Hall–Kier alpha value is -1.82. The molecule has 1 aliphatic rings. The summed E-state index contributed by atoms with van der Waals surface area (Å²) in [6, 6.07) is 4.31. The van der Waals surface area contributed by atoms with E-state index in [2.05, 4.69) is 0 Å². The number of benzene rings is 1. The number of amides is 1. The molecule has 1 atom stereocenters. The van der Waals surface area contributed by atoms with Crippen molar-refractivity contribution in [2.45, 2.75) is 6.10 Å². The monoisotopic (exact) mass is 240 g/mol. The van der Waals surface area contributed by atoms with E-state index in [1.165, 1.54) is 17.0 Å². The molecule has 17 heavy (non-hydrogen) atoms. The van der Waals surface area contributed by atoms with Gasteiger partial charge in [0.2, 0.25) is 0 Å². The average Bonchev–Trinajstić information content (AvgIpc) is 2.29. The minimum atomic E-state index is -1.02. The molecule has 2 rings (SSSR count). The number of anilines is 1. The first-order valence-corrected chi connectivity index (χ1v) is 5.22. The average molecular weight is 240 g/mol. The fourth-order valence-electron chi connectivity index (χ4n) is 1.82. The topological polar surface area (TPSA) is 75.8 Å². The molecular weight excluding hydrogens is 227 g/mol. The van der Waals surface area contributed by atoms with Crippen LogP contribution < -0.4 is 5.73 Å². The summed E-state index contributed by atoms with van der Waals surface area (Å²) in [5.74, 6) is -0.470. The van der Waals surface area contributed by atoms with Crippen molar-refractivity contribution < 1.29 is 19.0 Å². The maximum Gasteiger partial charge on any atom is 0.407 e. The largest absolute Gasteiger partial charge is 0.465 e. The lowest BCUT2D eigenvalue weighted by Crippen LogP contribution is -2.41. The van der Waals surface area contributed by atoms with E-state index in [1.54, 1.807) is 6.07 Å². The molecule has 6 heteroatoms. The molecule has 1 saturated heterocycles. The van der Waals surface area contributed by atoms with Crippen LogP contribution in [-0.2, 0) is 4.74 Å². The summed E-state index contributed by atoms with van der Waals surface area (Å²) in [6.45, 7) is 0.708. The lowest BCUT2D eigenvalue weighted by Gasteiger charge is -2.31. The Morgan fingerprint density at radius 2 is 2.35 bits per heavy atom. The molecule has 0 saturated carbocycles. The van der Waals surface area contributed by atoms with Crippen molar-refractivity contribution in [3.05, 3.63) is 29.6 Å². The van der Waals surface area contributed by atoms with Gasteiger partial charge in [-0.3, -0.25) is 0 Å². The number of rotatable bonds is 1. The molecule has 3 N–H and O–H groups in total. The Morgan fingerprint density at radius 1 is 1.59 bits per heavy atom. The van der Waals surface area contributed by atoms with Crippen LogP contribution >= 0.6 is 0 Å². The molecule has 0 radical (unpaired) electrons. The van der Waals surface area contributed by atoms with Crippen molar-refractivity contribution in [3.63, 3.8) is 0 Å². The molecule has 1 aromatic carbocycles. The van der Waals surface area contributed by atoms with E-state index >= 15 is 0 Å². The van der Waals surface area contributed by atoms with E-state index in [9.17, 15) is 9.18 Å². The number of nitrogens with two attached hydrogens (primary N) is 1. The number of carbonyl (C=O) groups is 1. The van der Waals surface area contributed by atoms with Gasteiger partial charge in [0.05, 0.1) is 13.2 Å². The van der Waals surface area contributed by atoms with Crippen LogP contribution in [0.25, 0.3) is 0 Å². The van der Waals surface area contributed by atoms with Crippen LogP contribution in [0.1, 0.15) is 11.7 Å². The highest BCUT2D eigenvalue weighted by molar-refractivity contribution is 5.65. The lowest BCUT2D eigenvalue weighted by atomic mass is 10.1. The molecule has 0 spiro atoms. The van der Waals surface area contributed by atoms with E-state index in [1.807, 2.05) is 0 Å². The SMILES string of the molecule is Nc1ccc([C@H]2CN(C(=O)O)CCO2)c(F)c1. The molecule has 5 nitrogen and oxygen atoms in total. The molecule has 92 valence electrons. The summed E-state index contributed by atoms with van der Waals surface area (Å²) in [5, 5.41) is 8.87. The highest BCUT2D eigenvalue weighted by Crippen LogP contribution is 2.25. The molecular formula is C11H13FN2O3. The predicted molar refractivity (Wildman–Crippen MR) is 59.1 cm³/mol. The second-order valence-electron chi connectivity index (χ2n) is 3.87. The van der Waals surface area contributed by atoms with Crippen molar-refractivity contribution in [1.29, 1.82) is 0 Å². The number of ether oxygens (including phenoxy) is 1. The summed E-state index contributed by atoms with van der Waals surface area (Å²) in [6.07, 6.45) is -1.59. The Bertz CT molecular complexity index is 439. The molecule has 0 unspecified atom stereocenters. The van der Waals surface area contributed by atoms with Crippen LogP contribution in [0.4, 0.5) is 14.9 Å². The predicted octanol–water partition coefficient (Wildman–Crippen LogP) is 1.46. The third-order valence-corrected chi connectivity index (χ3v) is 2.71. The zero-order chi connectivity index (χ0) is 12.4. The Morgan fingerprint density at radius 3 is 3.00 bits per heavy atom. The summed E-state index contributed by atoms with van der Waals surface area (Å²) >= 11 is 0. The van der Waals surface area contributed by atoms with Crippen LogP contribution in [0.15, 0.2) is 18.2 Å². The normalized spacial score (nSPS) is 20.3. The molecule has 0 aromatic heterocycles. The first-order valence-electron chi connectivity index (χ1n) is 5.22. The first kappa shape index (κ1) is 11.7. The van der Waals surface area contributed by atoms with E-state index in [4.69, 9.17) is 15.6 Å². The quantitative estimate of drug-likeness (QED) is 0.728. The Kier molecular flexibility index (Phi) is 3.14. The number of morpholine rings is 1. The Labute approximate surface area is 97.6 Å². The summed E-state index contributed by atoms with van der Waals surface area (Å²) in [4.78, 5) is 12.0. The van der Waals surface area contributed by atoms with Gasteiger partial charge in [-0.1, -0.05) is 6.07 Å². The standard InChI is InChI=1S/C11H13FN2O3/c12-9-5-7(13)1-2-8(9)10-6-14(11(15)16)3-4-17-10/h1-2,5,10H,3-4,6,13H2,(H,15,16)/t10-/m1/s1. The van der Waals surface area contributed by atoms with Gasteiger partial charge < -0.3 is 20.5 Å². The molecule has 1 aromatic rings. The van der Waals surface area contributed by atoms with Crippen molar-refractivity contribution in [1.82, 2.24) is 4.90 Å². The van der Waals surface area contributed by atoms with Gasteiger partial charge in [-0.2, -0.15) is 0 Å². The van der Waals surface area contributed by atoms with Gasteiger partial charge in [-0.15, -0.1) is 0 Å². The summed E-state index contributed by atoms with van der Waals surface area (Å²) in [5.41, 5.74) is 6.12. The van der Waals surface area contributed by atoms with Gasteiger partial charge in [0.1, 0.15) is 11.9 Å². The maximum absolute atomic E-state index is 13.6. The highest BCUT2D eigenvalue weighted by atomic mass is 19.1. The third-order valence-electron chi connectivity index (χ3n) is 2.71. The van der Waals surface area contributed by atoms with E-state index in [-0.39, 0.29) is 13.2 Å². The van der Waals surface area contributed by atoms with Crippen LogP contribution in [-0.4, -0.2) is 35.8 Å². The third kappa shape index (κ3) is 2.47. The molecule has 1 aliphatic heterocycles. The van der Waals surface area contributed by atoms with Gasteiger partial charge in [0.25, 0.3) is 0 Å². The number of nitrogens with zero attached hydrogens (tertiary/aromatic N) is 1. The lowest BCUT2D eigenvalue weighted by molar-refractivity contribution is -0.0247. The van der Waals surface area contributed by atoms with Crippen molar-refractivity contribution >= 4 is 11.8 Å². The van der Waals surface area contributed by atoms with E-state index in [0.717, 1.165) is 0 Å².